The molecule has 0 spiro atoms. The molecule has 6 heteroatoms. The highest BCUT2D eigenvalue weighted by molar-refractivity contribution is 5.86. The highest BCUT2D eigenvalue weighted by Crippen LogP contribution is 2.21. The van der Waals surface area contributed by atoms with Crippen LogP contribution in [0.3, 0.4) is 0 Å². The number of hydrogen-bond donors (Lipinski definition) is 2. The summed E-state index contributed by atoms with van der Waals surface area (Å²) in [6.45, 7) is 1.70. The quantitative estimate of drug-likeness (QED) is 0.615. The van der Waals surface area contributed by atoms with Crippen molar-refractivity contribution in [3.8, 4) is 0 Å². The summed E-state index contributed by atoms with van der Waals surface area (Å²) in [5.74, 6) is -1.79. The SMILES string of the molecule is O=C(CCOCC1CCCO1)NCC(Cc1cccc2ccccc12)C(=O)O. The van der Waals surface area contributed by atoms with Crippen LogP contribution in [0.4, 0.5) is 0 Å². The van der Waals surface area contributed by atoms with Gasteiger partial charge in [0.2, 0.25) is 5.91 Å². The first kappa shape index (κ1) is 20.3. The minimum Gasteiger partial charge on any atom is -0.481 e. The molecule has 2 aromatic rings. The van der Waals surface area contributed by atoms with E-state index in [0.717, 1.165) is 35.8 Å². The Morgan fingerprint density at radius 1 is 1.21 bits per heavy atom. The van der Waals surface area contributed by atoms with Gasteiger partial charge in [0.15, 0.2) is 0 Å². The van der Waals surface area contributed by atoms with Gasteiger partial charge in [0.25, 0.3) is 0 Å². The fourth-order valence-corrected chi connectivity index (χ4v) is 3.46. The number of carbonyl (C=O) groups excluding carboxylic acids is 1. The van der Waals surface area contributed by atoms with Crippen LogP contribution >= 0.6 is 0 Å². The minimum absolute atomic E-state index is 0.100. The summed E-state index contributed by atoms with van der Waals surface area (Å²) in [6.07, 6.45) is 2.78. The topological polar surface area (TPSA) is 84.9 Å². The second-order valence-electron chi connectivity index (χ2n) is 7.14. The molecule has 1 saturated heterocycles. The van der Waals surface area contributed by atoms with Gasteiger partial charge in [-0.05, 0) is 35.6 Å². The molecule has 3 rings (SSSR count). The van der Waals surface area contributed by atoms with Crippen LogP contribution in [0, 0.1) is 5.92 Å². The second kappa shape index (κ2) is 10.2. The fourth-order valence-electron chi connectivity index (χ4n) is 3.46. The number of carboxylic acids is 1. The zero-order chi connectivity index (χ0) is 19.8. The van der Waals surface area contributed by atoms with Crippen LogP contribution in [0.15, 0.2) is 42.5 Å². The molecule has 2 atom stereocenters. The molecule has 0 saturated carbocycles. The van der Waals surface area contributed by atoms with Gasteiger partial charge in [-0.3, -0.25) is 9.59 Å². The second-order valence-corrected chi connectivity index (χ2v) is 7.14. The van der Waals surface area contributed by atoms with Gasteiger partial charge in [-0.2, -0.15) is 0 Å². The Hall–Kier alpha value is -2.44. The van der Waals surface area contributed by atoms with Gasteiger partial charge in [0.05, 0.1) is 25.2 Å². The van der Waals surface area contributed by atoms with Crippen molar-refractivity contribution in [3.63, 3.8) is 0 Å². The number of fused-ring (bicyclic) bond motifs is 1. The molecule has 0 bridgehead atoms. The van der Waals surface area contributed by atoms with Crippen LogP contribution < -0.4 is 5.32 Å². The molecule has 1 heterocycles. The van der Waals surface area contributed by atoms with Crippen molar-refractivity contribution in [2.24, 2.45) is 5.92 Å². The molecule has 2 aromatic carbocycles. The number of hydrogen-bond acceptors (Lipinski definition) is 4. The lowest BCUT2D eigenvalue weighted by molar-refractivity contribution is -0.141. The number of amides is 1. The van der Waals surface area contributed by atoms with Crippen LogP contribution in [0.1, 0.15) is 24.8 Å². The Balaban J connectivity index is 1.46. The summed E-state index contributed by atoms with van der Waals surface area (Å²) in [6, 6.07) is 13.8. The lowest BCUT2D eigenvalue weighted by Crippen LogP contribution is -2.34. The maximum absolute atomic E-state index is 12.0. The Morgan fingerprint density at radius 2 is 2.04 bits per heavy atom. The molecule has 28 heavy (non-hydrogen) atoms. The monoisotopic (exact) mass is 385 g/mol. The summed E-state index contributed by atoms with van der Waals surface area (Å²) in [5.41, 5.74) is 0.972. The highest BCUT2D eigenvalue weighted by Gasteiger charge is 2.20. The molecule has 2 unspecified atom stereocenters. The molecule has 0 aliphatic carbocycles. The normalized spacial score (nSPS) is 17.5. The third kappa shape index (κ3) is 5.78. The Labute approximate surface area is 164 Å². The van der Waals surface area contributed by atoms with Crippen molar-refractivity contribution in [2.75, 3.05) is 26.4 Å². The van der Waals surface area contributed by atoms with Crippen molar-refractivity contribution in [2.45, 2.75) is 31.8 Å². The maximum atomic E-state index is 12.0. The van der Waals surface area contributed by atoms with Crippen molar-refractivity contribution in [1.82, 2.24) is 5.32 Å². The summed E-state index contributed by atoms with van der Waals surface area (Å²) in [4.78, 5) is 23.7. The van der Waals surface area contributed by atoms with Gasteiger partial charge in [-0.25, -0.2) is 0 Å². The summed E-state index contributed by atoms with van der Waals surface area (Å²) in [5, 5.41) is 14.4. The number of benzene rings is 2. The van der Waals surface area contributed by atoms with Gasteiger partial charge < -0.3 is 19.9 Å². The van der Waals surface area contributed by atoms with Crippen LogP contribution in [-0.4, -0.2) is 49.5 Å². The van der Waals surface area contributed by atoms with Crippen molar-refractivity contribution in [1.29, 1.82) is 0 Å². The standard InChI is InChI=1S/C22H27NO5/c24-21(10-12-27-15-19-8-4-11-28-19)23-14-18(22(25)26)13-17-7-3-6-16-5-1-2-9-20(16)17/h1-3,5-7,9,18-19H,4,8,10-15H2,(H,23,24)(H,25,26). The lowest BCUT2D eigenvalue weighted by atomic mass is 9.95. The summed E-state index contributed by atoms with van der Waals surface area (Å²) >= 11 is 0. The number of rotatable bonds is 10. The van der Waals surface area contributed by atoms with E-state index >= 15 is 0 Å². The largest absolute Gasteiger partial charge is 0.481 e. The molecule has 2 N–H and O–H groups in total. The summed E-state index contributed by atoms with van der Waals surface area (Å²) in [7, 11) is 0. The van der Waals surface area contributed by atoms with Gasteiger partial charge >= 0.3 is 5.97 Å². The average Bonchev–Trinajstić information content (AvgIpc) is 3.22. The minimum atomic E-state index is -0.914. The molecule has 0 radical (unpaired) electrons. The number of aliphatic carboxylic acids is 1. The van der Waals surface area contributed by atoms with Crippen LogP contribution in [0.2, 0.25) is 0 Å². The number of ether oxygens (including phenoxy) is 2. The van der Waals surface area contributed by atoms with Gasteiger partial charge in [-0.1, -0.05) is 42.5 Å². The third-order valence-electron chi connectivity index (χ3n) is 5.04. The number of carboxylic acid groups (broad SMARTS) is 1. The van der Waals surface area contributed by atoms with Crippen molar-refractivity contribution < 1.29 is 24.2 Å². The molecule has 150 valence electrons. The summed E-state index contributed by atoms with van der Waals surface area (Å²) < 4.78 is 10.9. The zero-order valence-electron chi connectivity index (χ0n) is 15.9. The lowest BCUT2D eigenvalue weighted by Gasteiger charge is -2.15. The van der Waals surface area contributed by atoms with Crippen LogP contribution in [0.25, 0.3) is 10.8 Å². The number of carbonyl (C=O) groups is 2. The highest BCUT2D eigenvalue weighted by atomic mass is 16.5. The van der Waals surface area contributed by atoms with Crippen LogP contribution in [-0.2, 0) is 25.5 Å². The van der Waals surface area contributed by atoms with Gasteiger partial charge in [0, 0.05) is 19.6 Å². The molecular formula is C22H27NO5. The average molecular weight is 385 g/mol. The van der Waals surface area contributed by atoms with Crippen LogP contribution in [0.5, 0.6) is 0 Å². The molecule has 1 fully saturated rings. The van der Waals surface area contributed by atoms with E-state index in [9.17, 15) is 14.7 Å². The molecule has 0 aromatic heterocycles. The predicted octanol–water partition coefficient (Wildman–Crippen LogP) is 2.79. The van der Waals surface area contributed by atoms with Gasteiger partial charge in [-0.15, -0.1) is 0 Å². The van der Waals surface area contributed by atoms with E-state index in [4.69, 9.17) is 9.47 Å². The molecular weight excluding hydrogens is 358 g/mol. The molecule has 1 aliphatic rings. The molecule has 1 aliphatic heterocycles. The molecule has 6 nitrogen and oxygen atoms in total. The Morgan fingerprint density at radius 3 is 2.82 bits per heavy atom. The predicted molar refractivity (Wildman–Crippen MR) is 106 cm³/mol. The van der Waals surface area contributed by atoms with E-state index in [1.54, 1.807) is 0 Å². The number of nitrogens with one attached hydrogen (secondary N) is 1. The third-order valence-corrected chi connectivity index (χ3v) is 5.04. The maximum Gasteiger partial charge on any atom is 0.308 e. The molecule has 1 amide bonds. The Kier molecular flexibility index (Phi) is 7.39. The smallest absolute Gasteiger partial charge is 0.308 e. The van der Waals surface area contributed by atoms with E-state index in [2.05, 4.69) is 5.32 Å². The van der Waals surface area contributed by atoms with E-state index in [-0.39, 0.29) is 25.0 Å². The van der Waals surface area contributed by atoms with Gasteiger partial charge in [0.1, 0.15) is 0 Å². The zero-order valence-corrected chi connectivity index (χ0v) is 15.9. The first-order valence-corrected chi connectivity index (χ1v) is 9.79. The first-order valence-electron chi connectivity index (χ1n) is 9.79. The van der Waals surface area contributed by atoms with E-state index < -0.39 is 11.9 Å². The van der Waals surface area contributed by atoms with E-state index in [1.165, 1.54) is 0 Å². The Bertz CT molecular complexity index is 795. The van der Waals surface area contributed by atoms with E-state index in [0.29, 0.717) is 19.6 Å². The van der Waals surface area contributed by atoms with Crippen molar-refractivity contribution >= 4 is 22.6 Å². The van der Waals surface area contributed by atoms with E-state index in [1.807, 2.05) is 42.5 Å². The first-order chi connectivity index (χ1) is 13.6. The fraction of sp³-hybridized carbons (Fsp3) is 0.455. The van der Waals surface area contributed by atoms with Crippen molar-refractivity contribution in [3.05, 3.63) is 48.0 Å².